The summed E-state index contributed by atoms with van der Waals surface area (Å²) in [4.78, 5) is 10.9. The van der Waals surface area contributed by atoms with E-state index in [0.29, 0.717) is 17.1 Å². The van der Waals surface area contributed by atoms with Crippen LogP contribution < -0.4 is 9.16 Å². The lowest BCUT2D eigenvalue weighted by atomic mass is 9.97. The standard InChI is InChI=1S/C17H28O4Si/c1-12(11-18)15(19)13-9-8-10-14(16(13)20-5)21-22(6,7)17(2,3)4/h8-12,15,19H,1-7H3/t12-,15-/m1/s1. The molecule has 0 aromatic heterocycles. The maximum Gasteiger partial charge on any atom is 0.250 e. The Morgan fingerprint density at radius 3 is 2.32 bits per heavy atom. The Morgan fingerprint density at radius 2 is 1.86 bits per heavy atom. The minimum atomic E-state index is -2.02. The molecule has 0 saturated heterocycles. The van der Waals surface area contributed by atoms with Crippen molar-refractivity contribution >= 4 is 14.6 Å². The van der Waals surface area contributed by atoms with Crippen LogP contribution in [-0.4, -0.2) is 26.8 Å². The summed E-state index contributed by atoms with van der Waals surface area (Å²) in [6.07, 6.45) is -0.165. The Labute approximate surface area is 134 Å². The first kappa shape index (κ1) is 18.7. The van der Waals surface area contributed by atoms with E-state index >= 15 is 0 Å². The molecule has 0 fully saturated rings. The summed E-state index contributed by atoms with van der Waals surface area (Å²) in [5.41, 5.74) is 0.582. The lowest BCUT2D eigenvalue weighted by Crippen LogP contribution is -2.44. The van der Waals surface area contributed by atoms with Crippen LogP contribution in [0.1, 0.15) is 39.4 Å². The molecule has 1 aromatic rings. The zero-order valence-electron chi connectivity index (χ0n) is 14.6. The summed E-state index contributed by atoms with van der Waals surface area (Å²) < 4.78 is 11.8. The molecule has 2 atom stereocenters. The molecule has 124 valence electrons. The lowest BCUT2D eigenvalue weighted by Gasteiger charge is -2.37. The van der Waals surface area contributed by atoms with Gasteiger partial charge in [0.15, 0.2) is 5.75 Å². The van der Waals surface area contributed by atoms with Gasteiger partial charge in [0.25, 0.3) is 8.32 Å². The number of ether oxygens (including phenoxy) is 1. The zero-order chi connectivity index (χ0) is 17.1. The van der Waals surface area contributed by atoms with Crippen molar-refractivity contribution in [3.8, 4) is 11.5 Å². The summed E-state index contributed by atoms with van der Waals surface area (Å²) in [7, 11) is -0.467. The fraction of sp³-hybridized carbons (Fsp3) is 0.588. The van der Waals surface area contributed by atoms with Crippen molar-refractivity contribution in [1.82, 2.24) is 0 Å². The Kier molecular flexibility index (Phi) is 5.81. The number of methoxy groups -OCH3 is 1. The second-order valence-corrected chi connectivity index (χ2v) is 11.9. The molecule has 0 spiro atoms. The topological polar surface area (TPSA) is 55.8 Å². The van der Waals surface area contributed by atoms with E-state index in [4.69, 9.17) is 9.16 Å². The van der Waals surface area contributed by atoms with Gasteiger partial charge in [0, 0.05) is 11.5 Å². The van der Waals surface area contributed by atoms with Crippen LogP contribution in [0, 0.1) is 5.92 Å². The van der Waals surface area contributed by atoms with E-state index in [1.54, 1.807) is 20.1 Å². The summed E-state index contributed by atoms with van der Waals surface area (Å²) in [6, 6.07) is 5.43. The molecule has 5 heteroatoms. The number of aldehydes is 1. The number of carbonyl (C=O) groups excluding carboxylic acids is 1. The molecule has 4 nitrogen and oxygen atoms in total. The van der Waals surface area contributed by atoms with E-state index in [2.05, 4.69) is 33.9 Å². The molecule has 0 aliphatic heterocycles. The molecular formula is C17H28O4Si. The van der Waals surface area contributed by atoms with Crippen LogP contribution in [-0.2, 0) is 4.79 Å². The molecule has 1 rings (SSSR count). The number of para-hydroxylation sites is 1. The van der Waals surface area contributed by atoms with Crippen LogP contribution in [0.3, 0.4) is 0 Å². The SMILES string of the molecule is COc1c(O[Si](C)(C)C(C)(C)C)cccc1[C@H](O)[C@H](C)C=O. The van der Waals surface area contributed by atoms with Crippen molar-refractivity contribution in [1.29, 1.82) is 0 Å². The van der Waals surface area contributed by atoms with Gasteiger partial charge in [0.1, 0.15) is 12.0 Å². The van der Waals surface area contributed by atoms with Crippen LogP contribution in [0.4, 0.5) is 0 Å². The molecule has 0 unspecified atom stereocenters. The molecule has 1 aromatic carbocycles. The van der Waals surface area contributed by atoms with E-state index in [1.165, 1.54) is 0 Å². The van der Waals surface area contributed by atoms with Crippen LogP contribution in [0.15, 0.2) is 18.2 Å². The highest BCUT2D eigenvalue weighted by Crippen LogP contribution is 2.42. The lowest BCUT2D eigenvalue weighted by molar-refractivity contribution is -0.113. The number of benzene rings is 1. The van der Waals surface area contributed by atoms with Crippen LogP contribution >= 0.6 is 0 Å². The Hall–Kier alpha value is -1.33. The van der Waals surface area contributed by atoms with Crippen molar-refractivity contribution in [2.45, 2.75) is 51.9 Å². The monoisotopic (exact) mass is 324 g/mol. The molecule has 0 aliphatic rings. The second-order valence-electron chi connectivity index (χ2n) is 7.18. The smallest absolute Gasteiger partial charge is 0.250 e. The van der Waals surface area contributed by atoms with E-state index < -0.39 is 20.3 Å². The third-order valence-corrected chi connectivity index (χ3v) is 8.76. The number of aliphatic hydroxyl groups excluding tert-OH is 1. The fourth-order valence-electron chi connectivity index (χ4n) is 1.85. The largest absolute Gasteiger partial charge is 0.541 e. The predicted molar refractivity (Wildman–Crippen MR) is 91.0 cm³/mol. The van der Waals surface area contributed by atoms with Gasteiger partial charge in [-0.25, -0.2) is 0 Å². The van der Waals surface area contributed by atoms with E-state index in [-0.39, 0.29) is 5.04 Å². The molecular weight excluding hydrogens is 296 g/mol. The number of aliphatic hydroxyl groups is 1. The number of hydrogen-bond donors (Lipinski definition) is 1. The first-order valence-corrected chi connectivity index (χ1v) is 10.4. The Morgan fingerprint density at radius 1 is 1.27 bits per heavy atom. The average molecular weight is 324 g/mol. The fourth-order valence-corrected chi connectivity index (χ4v) is 2.87. The first-order valence-electron chi connectivity index (χ1n) is 7.54. The van der Waals surface area contributed by atoms with E-state index in [9.17, 15) is 9.90 Å². The summed E-state index contributed by atoms with van der Waals surface area (Å²) in [5, 5.41) is 10.4. The Bertz CT molecular complexity index is 520. The van der Waals surface area contributed by atoms with Crippen molar-refractivity contribution in [2.75, 3.05) is 7.11 Å². The third kappa shape index (κ3) is 3.90. The molecule has 0 heterocycles. The first-order chi connectivity index (χ1) is 10.0. The van der Waals surface area contributed by atoms with E-state index in [1.807, 2.05) is 12.1 Å². The van der Waals surface area contributed by atoms with Gasteiger partial charge >= 0.3 is 0 Å². The van der Waals surface area contributed by atoms with Gasteiger partial charge in [-0.05, 0) is 24.2 Å². The highest BCUT2D eigenvalue weighted by atomic mass is 28.4. The summed E-state index contributed by atoms with van der Waals surface area (Å²) in [5.74, 6) is 0.634. The van der Waals surface area contributed by atoms with Crippen LogP contribution in [0.25, 0.3) is 0 Å². The maximum atomic E-state index is 10.9. The minimum Gasteiger partial charge on any atom is -0.541 e. The van der Waals surface area contributed by atoms with Gasteiger partial charge in [-0.3, -0.25) is 0 Å². The molecule has 0 bridgehead atoms. The summed E-state index contributed by atoms with van der Waals surface area (Å²) in [6.45, 7) is 12.5. The van der Waals surface area contributed by atoms with Crippen molar-refractivity contribution in [2.24, 2.45) is 5.92 Å². The molecule has 0 saturated carbocycles. The highest BCUT2D eigenvalue weighted by molar-refractivity contribution is 6.74. The van der Waals surface area contributed by atoms with Crippen molar-refractivity contribution in [3.63, 3.8) is 0 Å². The third-order valence-electron chi connectivity index (χ3n) is 4.42. The number of hydrogen-bond acceptors (Lipinski definition) is 4. The van der Waals surface area contributed by atoms with Gasteiger partial charge in [-0.1, -0.05) is 39.8 Å². The molecule has 0 aliphatic carbocycles. The van der Waals surface area contributed by atoms with Crippen LogP contribution in [0.5, 0.6) is 11.5 Å². The molecule has 0 amide bonds. The highest BCUT2D eigenvalue weighted by Gasteiger charge is 2.39. The predicted octanol–water partition coefficient (Wildman–Crippen LogP) is 3.95. The molecule has 0 radical (unpaired) electrons. The average Bonchev–Trinajstić information content (AvgIpc) is 2.43. The van der Waals surface area contributed by atoms with Gasteiger partial charge in [0.05, 0.1) is 13.2 Å². The normalized spacial score (nSPS) is 15.1. The number of carbonyl (C=O) groups is 1. The van der Waals surface area contributed by atoms with Crippen molar-refractivity contribution < 1.29 is 19.1 Å². The van der Waals surface area contributed by atoms with Gasteiger partial charge < -0.3 is 19.1 Å². The Balaban J connectivity index is 3.26. The summed E-state index contributed by atoms with van der Waals surface area (Å²) >= 11 is 0. The van der Waals surface area contributed by atoms with Gasteiger partial charge in [-0.2, -0.15) is 0 Å². The second kappa shape index (κ2) is 6.83. The zero-order valence-corrected chi connectivity index (χ0v) is 15.6. The molecule has 22 heavy (non-hydrogen) atoms. The minimum absolute atomic E-state index is 0.0583. The van der Waals surface area contributed by atoms with E-state index in [0.717, 1.165) is 6.29 Å². The van der Waals surface area contributed by atoms with Gasteiger partial charge in [-0.15, -0.1) is 0 Å². The maximum absolute atomic E-state index is 10.9. The quantitative estimate of drug-likeness (QED) is 0.636. The number of rotatable bonds is 6. The van der Waals surface area contributed by atoms with Gasteiger partial charge in [0.2, 0.25) is 0 Å². The van der Waals surface area contributed by atoms with Crippen LogP contribution in [0.2, 0.25) is 18.1 Å². The van der Waals surface area contributed by atoms with Crippen molar-refractivity contribution in [3.05, 3.63) is 23.8 Å². The molecule has 1 N–H and O–H groups in total.